The van der Waals surface area contributed by atoms with Crippen molar-refractivity contribution in [3.8, 4) is 5.69 Å². The SMILES string of the molecule is Clc1ccc(-n2cnnn2)c(Cl)c1. The molecule has 0 saturated carbocycles. The van der Waals surface area contributed by atoms with Gasteiger partial charge in [0.2, 0.25) is 0 Å². The van der Waals surface area contributed by atoms with Gasteiger partial charge in [0.1, 0.15) is 6.33 Å². The zero-order valence-corrected chi connectivity index (χ0v) is 7.87. The molecule has 6 heteroatoms. The first kappa shape index (κ1) is 8.47. The first-order valence-electron chi connectivity index (χ1n) is 3.46. The standard InChI is InChI=1S/C7H4Cl2N4/c8-5-1-2-7(6(9)3-5)13-4-10-11-12-13/h1-4H. The fraction of sp³-hybridized carbons (Fsp3) is 0. The Bertz CT molecular complexity index is 412. The van der Waals surface area contributed by atoms with Gasteiger partial charge >= 0.3 is 0 Å². The van der Waals surface area contributed by atoms with Gasteiger partial charge in [-0.15, -0.1) is 5.10 Å². The highest BCUT2D eigenvalue weighted by Crippen LogP contribution is 2.22. The minimum Gasteiger partial charge on any atom is -0.199 e. The lowest BCUT2D eigenvalue weighted by Crippen LogP contribution is -1.95. The average Bonchev–Trinajstić information content (AvgIpc) is 2.56. The van der Waals surface area contributed by atoms with Crippen molar-refractivity contribution in [1.29, 1.82) is 0 Å². The normalized spacial score (nSPS) is 10.3. The Labute approximate surface area is 84.1 Å². The van der Waals surface area contributed by atoms with Gasteiger partial charge in [-0.05, 0) is 28.6 Å². The number of hydrogen-bond acceptors (Lipinski definition) is 3. The van der Waals surface area contributed by atoms with Crippen LogP contribution >= 0.6 is 23.2 Å². The van der Waals surface area contributed by atoms with Gasteiger partial charge in [-0.2, -0.15) is 4.68 Å². The Morgan fingerprint density at radius 2 is 2.08 bits per heavy atom. The van der Waals surface area contributed by atoms with Crippen molar-refractivity contribution in [2.75, 3.05) is 0 Å². The minimum atomic E-state index is 0.514. The molecule has 0 bridgehead atoms. The van der Waals surface area contributed by atoms with E-state index in [1.807, 2.05) is 0 Å². The van der Waals surface area contributed by atoms with E-state index in [1.54, 1.807) is 18.2 Å². The van der Waals surface area contributed by atoms with Crippen LogP contribution in [0.5, 0.6) is 0 Å². The van der Waals surface area contributed by atoms with Crippen molar-refractivity contribution < 1.29 is 0 Å². The van der Waals surface area contributed by atoms with Crippen molar-refractivity contribution in [2.24, 2.45) is 0 Å². The first-order valence-corrected chi connectivity index (χ1v) is 4.21. The molecule has 13 heavy (non-hydrogen) atoms. The molecule has 0 aliphatic carbocycles. The molecule has 2 aromatic rings. The summed E-state index contributed by atoms with van der Waals surface area (Å²) in [7, 11) is 0. The molecule has 4 nitrogen and oxygen atoms in total. The molecule has 0 atom stereocenters. The summed E-state index contributed by atoms with van der Waals surface area (Å²) < 4.78 is 1.47. The highest BCUT2D eigenvalue weighted by molar-refractivity contribution is 6.35. The second-order valence-corrected chi connectivity index (χ2v) is 3.19. The maximum absolute atomic E-state index is 5.92. The number of rotatable bonds is 1. The van der Waals surface area contributed by atoms with Gasteiger partial charge in [-0.3, -0.25) is 0 Å². The fourth-order valence-electron chi connectivity index (χ4n) is 0.939. The van der Waals surface area contributed by atoms with E-state index >= 15 is 0 Å². The van der Waals surface area contributed by atoms with E-state index in [-0.39, 0.29) is 0 Å². The molecule has 0 aliphatic heterocycles. The van der Waals surface area contributed by atoms with E-state index in [0.717, 1.165) is 0 Å². The van der Waals surface area contributed by atoms with Crippen LogP contribution in [0.15, 0.2) is 24.5 Å². The van der Waals surface area contributed by atoms with Crippen molar-refractivity contribution in [2.45, 2.75) is 0 Å². The predicted molar refractivity (Wildman–Crippen MR) is 49.2 cm³/mol. The fourth-order valence-corrected chi connectivity index (χ4v) is 1.43. The zero-order chi connectivity index (χ0) is 9.26. The molecule has 0 fully saturated rings. The molecular formula is C7H4Cl2N4. The molecule has 0 N–H and O–H groups in total. The molecule has 2 rings (SSSR count). The Kier molecular flexibility index (Phi) is 2.16. The van der Waals surface area contributed by atoms with Crippen LogP contribution in [0.3, 0.4) is 0 Å². The lowest BCUT2D eigenvalue weighted by atomic mass is 10.3. The average molecular weight is 215 g/mol. The second kappa shape index (κ2) is 3.32. The summed E-state index contributed by atoms with van der Waals surface area (Å²) in [5.74, 6) is 0. The van der Waals surface area contributed by atoms with E-state index in [4.69, 9.17) is 23.2 Å². The Hall–Kier alpha value is -1.13. The van der Waals surface area contributed by atoms with Crippen LogP contribution in [0.4, 0.5) is 0 Å². The summed E-state index contributed by atoms with van der Waals surface area (Å²) in [6.45, 7) is 0. The van der Waals surface area contributed by atoms with Gasteiger partial charge < -0.3 is 0 Å². The lowest BCUT2D eigenvalue weighted by Gasteiger charge is -2.01. The number of hydrogen-bond donors (Lipinski definition) is 0. The highest BCUT2D eigenvalue weighted by atomic mass is 35.5. The Balaban J connectivity index is 2.53. The molecule has 1 heterocycles. The van der Waals surface area contributed by atoms with Crippen LogP contribution in [-0.2, 0) is 0 Å². The van der Waals surface area contributed by atoms with Crippen molar-refractivity contribution in [1.82, 2.24) is 20.2 Å². The summed E-state index contributed by atoms with van der Waals surface area (Å²) in [6, 6.07) is 5.12. The molecule has 0 spiro atoms. The minimum absolute atomic E-state index is 0.514. The van der Waals surface area contributed by atoms with E-state index in [9.17, 15) is 0 Å². The monoisotopic (exact) mass is 214 g/mol. The number of aromatic nitrogens is 4. The third-order valence-electron chi connectivity index (χ3n) is 1.51. The zero-order valence-electron chi connectivity index (χ0n) is 6.35. The van der Waals surface area contributed by atoms with E-state index in [0.29, 0.717) is 15.7 Å². The summed E-state index contributed by atoms with van der Waals surface area (Å²) in [4.78, 5) is 0. The largest absolute Gasteiger partial charge is 0.199 e. The maximum atomic E-state index is 5.92. The topological polar surface area (TPSA) is 43.6 Å². The van der Waals surface area contributed by atoms with E-state index in [1.165, 1.54) is 11.0 Å². The summed E-state index contributed by atoms with van der Waals surface area (Å²) >= 11 is 11.7. The summed E-state index contributed by atoms with van der Waals surface area (Å²) in [6.07, 6.45) is 1.47. The Morgan fingerprint density at radius 1 is 1.23 bits per heavy atom. The summed E-state index contributed by atoms with van der Waals surface area (Å²) in [5.41, 5.74) is 0.705. The van der Waals surface area contributed by atoms with Gasteiger partial charge in [-0.25, -0.2) is 0 Å². The van der Waals surface area contributed by atoms with Crippen LogP contribution in [0.25, 0.3) is 5.69 Å². The van der Waals surface area contributed by atoms with Crippen LogP contribution in [0, 0.1) is 0 Å². The predicted octanol–water partition coefficient (Wildman–Crippen LogP) is 1.97. The van der Waals surface area contributed by atoms with Crippen LogP contribution in [0.2, 0.25) is 10.0 Å². The molecule has 66 valence electrons. The molecular weight excluding hydrogens is 211 g/mol. The molecule has 1 aromatic heterocycles. The maximum Gasteiger partial charge on any atom is 0.143 e. The number of benzene rings is 1. The van der Waals surface area contributed by atoms with Gasteiger partial charge in [0.25, 0.3) is 0 Å². The molecule has 0 radical (unpaired) electrons. The Morgan fingerprint density at radius 3 is 2.69 bits per heavy atom. The molecule has 0 saturated heterocycles. The molecule has 1 aromatic carbocycles. The van der Waals surface area contributed by atoms with Crippen molar-refractivity contribution >= 4 is 23.2 Å². The van der Waals surface area contributed by atoms with E-state index < -0.39 is 0 Å². The van der Waals surface area contributed by atoms with Gasteiger partial charge in [0.05, 0.1) is 10.7 Å². The van der Waals surface area contributed by atoms with Crippen LogP contribution in [0.1, 0.15) is 0 Å². The number of nitrogens with zero attached hydrogens (tertiary/aromatic N) is 4. The number of halogens is 2. The third-order valence-corrected chi connectivity index (χ3v) is 2.04. The smallest absolute Gasteiger partial charge is 0.143 e. The molecule has 0 aliphatic rings. The molecule has 0 unspecified atom stereocenters. The quantitative estimate of drug-likeness (QED) is 0.730. The van der Waals surface area contributed by atoms with Gasteiger partial charge in [0, 0.05) is 5.02 Å². The highest BCUT2D eigenvalue weighted by Gasteiger charge is 2.03. The van der Waals surface area contributed by atoms with Gasteiger partial charge in [0.15, 0.2) is 0 Å². The first-order chi connectivity index (χ1) is 6.27. The second-order valence-electron chi connectivity index (χ2n) is 2.35. The number of tetrazole rings is 1. The van der Waals surface area contributed by atoms with Crippen LogP contribution < -0.4 is 0 Å². The van der Waals surface area contributed by atoms with Crippen LogP contribution in [-0.4, -0.2) is 20.2 Å². The van der Waals surface area contributed by atoms with Crippen molar-refractivity contribution in [3.05, 3.63) is 34.6 Å². The van der Waals surface area contributed by atoms with Gasteiger partial charge in [-0.1, -0.05) is 23.2 Å². The van der Waals surface area contributed by atoms with E-state index in [2.05, 4.69) is 15.5 Å². The van der Waals surface area contributed by atoms with Crippen molar-refractivity contribution in [3.63, 3.8) is 0 Å². The summed E-state index contributed by atoms with van der Waals surface area (Å²) in [5, 5.41) is 11.8. The molecule has 0 amide bonds. The lowest BCUT2D eigenvalue weighted by molar-refractivity contribution is 0.789. The third kappa shape index (κ3) is 1.64.